The van der Waals surface area contributed by atoms with Gasteiger partial charge in [0, 0.05) is 12.1 Å². The lowest BCUT2D eigenvalue weighted by molar-refractivity contribution is -0.148. The number of nitrogens with zero attached hydrogens (tertiary/aromatic N) is 1. The maximum atomic E-state index is 13.8. The average Bonchev–Trinajstić information content (AvgIpc) is 2.74. The van der Waals surface area contributed by atoms with Crippen LogP contribution in [0, 0.1) is 0 Å². The Morgan fingerprint density at radius 1 is 1.26 bits per heavy atom. The third-order valence-electron chi connectivity index (χ3n) is 5.99. The molecule has 0 aromatic heterocycles. The number of amides is 3. The van der Waals surface area contributed by atoms with E-state index in [9.17, 15) is 19.5 Å². The third kappa shape index (κ3) is 8.09. The van der Waals surface area contributed by atoms with E-state index >= 15 is 0 Å². The molecule has 1 fully saturated rings. The van der Waals surface area contributed by atoms with Crippen LogP contribution in [0.25, 0.3) is 6.08 Å². The van der Waals surface area contributed by atoms with Crippen LogP contribution in [0.2, 0.25) is 0 Å². The summed E-state index contributed by atoms with van der Waals surface area (Å²) in [5, 5.41) is 15.6. The summed E-state index contributed by atoms with van der Waals surface area (Å²) in [4.78, 5) is 41.3. The van der Waals surface area contributed by atoms with E-state index in [1.807, 2.05) is 38.1 Å². The van der Waals surface area contributed by atoms with Crippen molar-refractivity contribution in [3.05, 3.63) is 42.0 Å². The second-order valence-electron chi connectivity index (χ2n) is 10.2. The minimum Gasteiger partial charge on any atom is -0.444 e. The predicted octanol–water partition coefficient (Wildman–Crippen LogP) is 3.94. The number of hydrogen-bond donors (Lipinski definition) is 3. The molecule has 0 saturated heterocycles. The SMILES string of the molecule is C=Cc1cccc(C(C(=O)NC(C)CCC)N(C(=O)C(CO)NC(=O)OC(C)(C)C)C2CCC2)c1. The van der Waals surface area contributed by atoms with Crippen LogP contribution < -0.4 is 10.6 Å². The van der Waals surface area contributed by atoms with E-state index in [4.69, 9.17) is 4.74 Å². The third-order valence-corrected chi connectivity index (χ3v) is 5.99. The molecule has 1 aliphatic carbocycles. The lowest BCUT2D eigenvalue weighted by atomic mass is 9.87. The van der Waals surface area contributed by atoms with E-state index < -0.39 is 36.3 Å². The fourth-order valence-corrected chi connectivity index (χ4v) is 4.12. The Hall–Kier alpha value is -2.87. The van der Waals surface area contributed by atoms with Gasteiger partial charge in [0.1, 0.15) is 17.7 Å². The van der Waals surface area contributed by atoms with Crippen molar-refractivity contribution in [3.63, 3.8) is 0 Å². The first-order valence-corrected chi connectivity index (χ1v) is 12.5. The topological polar surface area (TPSA) is 108 Å². The Labute approximate surface area is 209 Å². The quantitative estimate of drug-likeness (QED) is 0.438. The number of ether oxygens (including phenoxy) is 1. The van der Waals surface area contributed by atoms with Crippen LogP contribution in [0.5, 0.6) is 0 Å². The van der Waals surface area contributed by atoms with E-state index in [-0.39, 0.29) is 18.0 Å². The molecule has 35 heavy (non-hydrogen) atoms. The van der Waals surface area contributed by atoms with Crippen LogP contribution in [0.4, 0.5) is 4.79 Å². The van der Waals surface area contributed by atoms with E-state index in [2.05, 4.69) is 17.2 Å². The van der Waals surface area contributed by atoms with Crippen LogP contribution in [0.15, 0.2) is 30.8 Å². The molecule has 3 atom stereocenters. The Balaban J connectivity index is 2.45. The lowest BCUT2D eigenvalue weighted by Gasteiger charge is -2.43. The summed E-state index contributed by atoms with van der Waals surface area (Å²) in [6, 6.07) is 4.96. The number of alkyl carbamates (subject to hydrolysis) is 1. The zero-order valence-electron chi connectivity index (χ0n) is 21.7. The van der Waals surface area contributed by atoms with Crippen molar-refractivity contribution in [2.24, 2.45) is 0 Å². The molecule has 1 saturated carbocycles. The number of nitrogens with one attached hydrogen (secondary N) is 2. The Morgan fingerprint density at radius 2 is 1.94 bits per heavy atom. The summed E-state index contributed by atoms with van der Waals surface area (Å²) in [5.74, 6) is -0.809. The molecule has 0 bridgehead atoms. The fourth-order valence-electron chi connectivity index (χ4n) is 4.12. The Kier molecular flexibility index (Phi) is 10.3. The lowest BCUT2D eigenvalue weighted by Crippen LogP contribution is -2.58. The maximum Gasteiger partial charge on any atom is 0.408 e. The van der Waals surface area contributed by atoms with Crippen molar-refractivity contribution in [3.8, 4) is 0 Å². The minimum absolute atomic E-state index is 0.0653. The monoisotopic (exact) mass is 487 g/mol. The van der Waals surface area contributed by atoms with E-state index in [1.54, 1.807) is 26.8 Å². The van der Waals surface area contributed by atoms with Crippen LogP contribution in [0.1, 0.15) is 83.9 Å². The average molecular weight is 488 g/mol. The minimum atomic E-state index is -1.24. The van der Waals surface area contributed by atoms with Crippen molar-refractivity contribution >= 4 is 24.0 Å². The molecule has 0 radical (unpaired) electrons. The highest BCUT2D eigenvalue weighted by atomic mass is 16.6. The standard InChI is InChI=1S/C27H41N3O5/c1-7-11-18(3)28-24(32)23(20-13-9-12-19(8-2)16-20)30(21-14-10-15-21)25(33)22(17-31)29-26(34)35-27(4,5)6/h8-9,12-13,16,18,21-23,31H,2,7,10-11,14-15,17H2,1,3-6H3,(H,28,32)(H,29,34). The van der Waals surface area contributed by atoms with Gasteiger partial charge in [-0.25, -0.2) is 4.79 Å². The predicted molar refractivity (Wildman–Crippen MR) is 137 cm³/mol. The molecule has 1 aromatic rings. The Morgan fingerprint density at radius 3 is 2.46 bits per heavy atom. The number of aliphatic hydroxyl groups is 1. The number of aliphatic hydroxyl groups excluding tert-OH is 1. The van der Waals surface area contributed by atoms with Crippen LogP contribution in [-0.4, -0.2) is 58.2 Å². The molecule has 194 valence electrons. The van der Waals surface area contributed by atoms with Crippen molar-refractivity contribution in [1.29, 1.82) is 0 Å². The molecule has 3 unspecified atom stereocenters. The maximum absolute atomic E-state index is 13.8. The zero-order chi connectivity index (χ0) is 26.2. The molecular weight excluding hydrogens is 446 g/mol. The molecule has 2 rings (SSSR count). The second-order valence-corrected chi connectivity index (χ2v) is 10.2. The van der Waals surface area contributed by atoms with Crippen molar-refractivity contribution in [1.82, 2.24) is 15.5 Å². The summed E-state index contributed by atoms with van der Waals surface area (Å²) in [6.45, 7) is 12.3. The molecule has 8 nitrogen and oxygen atoms in total. The van der Waals surface area contributed by atoms with Gasteiger partial charge in [0.15, 0.2) is 0 Å². The van der Waals surface area contributed by atoms with Crippen molar-refractivity contribution in [2.45, 2.75) is 96.5 Å². The van der Waals surface area contributed by atoms with Gasteiger partial charge in [-0.2, -0.15) is 0 Å². The molecule has 3 amide bonds. The fraction of sp³-hybridized carbons (Fsp3) is 0.593. The van der Waals surface area contributed by atoms with E-state index in [0.717, 1.165) is 37.7 Å². The van der Waals surface area contributed by atoms with Gasteiger partial charge >= 0.3 is 6.09 Å². The number of rotatable bonds is 11. The summed E-state index contributed by atoms with van der Waals surface area (Å²) < 4.78 is 5.28. The first kappa shape index (κ1) is 28.4. The first-order chi connectivity index (χ1) is 16.5. The summed E-state index contributed by atoms with van der Waals surface area (Å²) >= 11 is 0. The number of carbonyl (C=O) groups excluding carboxylic acids is 3. The molecule has 3 N–H and O–H groups in total. The zero-order valence-corrected chi connectivity index (χ0v) is 21.7. The summed E-state index contributed by atoms with van der Waals surface area (Å²) in [5.41, 5.74) is 0.718. The van der Waals surface area contributed by atoms with Crippen LogP contribution in [0.3, 0.4) is 0 Å². The molecule has 0 aliphatic heterocycles. The number of benzene rings is 1. The first-order valence-electron chi connectivity index (χ1n) is 12.5. The van der Waals surface area contributed by atoms with Gasteiger partial charge in [-0.1, -0.05) is 44.2 Å². The summed E-state index contributed by atoms with van der Waals surface area (Å²) in [6.07, 6.45) is 5.03. The van der Waals surface area contributed by atoms with Gasteiger partial charge in [0.25, 0.3) is 0 Å². The highest BCUT2D eigenvalue weighted by Crippen LogP contribution is 2.34. The molecular formula is C27H41N3O5. The van der Waals surface area contributed by atoms with Crippen molar-refractivity contribution in [2.75, 3.05) is 6.61 Å². The van der Waals surface area contributed by atoms with Gasteiger partial charge < -0.3 is 25.4 Å². The van der Waals surface area contributed by atoms with Crippen LogP contribution >= 0.6 is 0 Å². The van der Waals surface area contributed by atoms with Gasteiger partial charge in [-0.15, -0.1) is 0 Å². The van der Waals surface area contributed by atoms with Gasteiger partial charge in [0.2, 0.25) is 11.8 Å². The smallest absolute Gasteiger partial charge is 0.408 e. The summed E-state index contributed by atoms with van der Waals surface area (Å²) in [7, 11) is 0. The van der Waals surface area contributed by atoms with Crippen molar-refractivity contribution < 1.29 is 24.2 Å². The van der Waals surface area contributed by atoms with Crippen LogP contribution in [-0.2, 0) is 14.3 Å². The molecule has 0 heterocycles. The highest BCUT2D eigenvalue weighted by molar-refractivity contribution is 5.92. The normalized spacial score (nSPS) is 16.3. The van der Waals surface area contributed by atoms with E-state index in [0.29, 0.717) is 5.56 Å². The molecule has 1 aliphatic rings. The largest absolute Gasteiger partial charge is 0.444 e. The molecule has 0 spiro atoms. The Bertz CT molecular complexity index is 891. The molecule has 8 heteroatoms. The van der Waals surface area contributed by atoms with Gasteiger partial charge in [-0.3, -0.25) is 9.59 Å². The number of hydrogen-bond acceptors (Lipinski definition) is 5. The van der Waals surface area contributed by atoms with E-state index in [1.165, 1.54) is 4.90 Å². The van der Waals surface area contributed by atoms with Gasteiger partial charge in [-0.05, 0) is 70.6 Å². The van der Waals surface area contributed by atoms with Gasteiger partial charge in [0.05, 0.1) is 6.61 Å². The number of carbonyl (C=O) groups is 3. The second kappa shape index (κ2) is 12.7. The highest BCUT2D eigenvalue weighted by Gasteiger charge is 2.42. The molecule has 1 aromatic carbocycles.